The average Bonchev–Trinajstić information content (AvgIpc) is 2.86. The predicted molar refractivity (Wildman–Crippen MR) is 66.8 cm³/mol. The first-order valence-electron chi connectivity index (χ1n) is 6.19. The van der Waals surface area contributed by atoms with Crippen LogP contribution in [0.25, 0.3) is 0 Å². The van der Waals surface area contributed by atoms with Crippen LogP contribution in [0.5, 0.6) is 0 Å². The Kier molecular flexibility index (Phi) is 3.97. The van der Waals surface area contributed by atoms with Crippen LogP contribution in [0.4, 0.5) is 4.39 Å². The van der Waals surface area contributed by atoms with Gasteiger partial charge in [-0.15, -0.1) is 0 Å². The summed E-state index contributed by atoms with van der Waals surface area (Å²) in [6.45, 7) is 3.47. The van der Waals surface area contributed by atoms with Gasteiger partial charge >= 0.3 is 5.97 Å². The minimum Gasteiger partial charge on any atom is -0.468 e. The van der Waals surface area contributed by atoms with E-state index in [1.807, 2.05) is 13.0 Å². The van der Waals surface area contributed by atoms with Crippen LogP contribution in [0, 0.1) is 5.82 Å². The number of carbonyl (C=O) groups excluding carboxylic acids is 1. The summed E-state index contributed by atoms with van der Waals surface area (Å²) >= 11 is 0. The van der Waals surface area contributed by atoms with E-state index in [4.69, 9.17) is 4.74 Å². The molecule has 1 aliphatic heterocycles. The van der Waals surface area contributed by atoms with E-state index >= 15 is 0 Å². The van der Waals surface area contributed by atoms with Gasteiger partial charge in [0, 0.05) is 6.54 Å². The molecule has 0 saturated carbocycles. The highest BCUT2D eigenvalue weighted by atomic mass is 19.1. The molecule has 2 unspecified atom stereocenters. The molecule has 0 amide bonds. The third-order valence-corrected chi connectivity index (χ3v) is 3.63. The van der Waals surface area contributed by atoms with Gasteiger partial charge in [0.1, 0.15) is 11.9 Å². The van der Waals surface area contributed by atoms with Crippen molar-refractivity contribution in [1.82, 2.24) is 4.90 Å². The predicted octanol–water partition coefficient (Wildman–Crippen LogP) is 2.18. The largest absolute Gasteiger partial charge is 0.468 e. The van der Waals surface area contributed by atoms with E-state index in [1.165, 1.54) is 13.2 Å². The van der Waals surface area contributed by atoms with Gasteiger partial charge in [-0.2, -0.15) is 0 Å². The molecule has 0 bridgehead atoms. The Hall–Kier alpha value is -1.42. The average molecular weight is 251 g/mol. The number of methoxy groups -OCH3 is 1. The summed E-state index contributed by atoms with van der Waals surface area (Å²) in [6, 6.07) is 6.48. The second-order valence-electron chi connectivity index (χ2n) is 4.73. The first kappa shape index (κ1) is 13.0. The highest BCUT2D eigenvalue weighted by molar-refractivity contribution is 5.75. The Morgan fingerprint density at radius 1 is 1.56 bits per heavy atom. The lowest BCUT2D eigenvalue weighted by Gasteiger charge is -2.21. The van der Waals surface area contributed by atoms with Crippen molar-refractivity contribution in [3.8, 4) is 0 Å². The van der Waals surface area contributed by atoms with E-state index in [0.29, 0.717) is 5.92 Å². The maximum absolute atomic E-state index is 13.2. The van der Waals surface area contributed by atoms with Crippen LogP contribution in [0.1, 0.15) is 24.8 Å². The molecular weight excluding hydrogens is 233 g/mol. The number of nitrogens with zero attached hydrogens (tertiary/aromatic N) is 1. The summed E-state index contributed by atoms with van der Waals surface area (Å²) in [7, 11) is 1.40. The second-order valence-corrected chi connectivity index (χ2v) is 4.73. The topological polar surface area (TPSA) is 29.5 Å². The van der Waals surface area contributed by atoms with Crippen LogP contribution in [-0.2, 0) is 9.53 Å². The molecule has 3 nitrogen and oxygen atoms in total. The molecule has 0 spiro atoms. The maximum Gasteiger partial charge on any atom is 0.322 e. The summed E-state index contributed by atoms with van der Waals surface area (Å²) in [5.41, 5.74) is 1.01. The monoisotopic (exact) mass is 251 g/mol. The van der Waals surface area contributed by atoms with Gasteiger partial charge in [0.2, 0.25) is 0 Å². The number of benzene rings is 1. The Balaban J connectivity index is 2.02. The molecule has 98 valence electrons. The Labute approximate surface area is 107 Å². The van der Waals surface area contributed by atoms with Crippen molar-refractivity contribution in [2.45, 2.75) is 25.3 Å². The molecule has 0 aromatic heterocycles. The summed E-state index contributed by atoms with van der Waals surface area (Å²) < 4.78 is 17.9. The molecule has 2 rings (SSSR count). The molecule has 2 atom stereocenters. The number of rotatable bonds is 3. The first-order chi connectivity index (χ1) is 8.61. The number of carbonyl (C=O) groups is 1. The molecule has 1 saturated heterocycles. The molecule has 0 aliphatic carbocycles. The van der Waals surface area contributed by atoms with Gasteiger partial charge in [-0.1, -0.05) is 12.1 Å². The minimum absolute atomic E-state index is 0.202. The van der Waals surface area contributed by atoms with Gasteiger partial charge < -0.3 is 4.74 Å². The van der Waals surface area contributed by atoms with E-state index in [-0.39, 0.29) is 17.8 Å². The third kappa shape index (κ3) is 2.70. The van der Waals surface area contributed by atoms with Gasteiger partial charge in [0.05, 0.1) is 7.11 Å². The highest BCUT2D eigenvalue weighted by Gasteiger charge is 2.30. The van der Waals surface area contributed by atoms with Gasteiger partial charge in [0.25, 0.3) is 0 Å². The van der Waals surface area contributed by atoms with Crippen molar-refractivity contribution >= 4 is 5.97 Å². The lowest BCUT2D eigenvalue weighted by atomic mass is 9.98. The fourth-order valence-electron chi connectivity index (χ4n) is 2.49. The van der Waals surface area contributed by atoms with E-state index in [2.05, 4.69) is 4.90 Å². The molecule has 0 N–H and O–H groups in total. The lowest BCUT2D eigenvalue weighted by Crippen LogP contribution is -2.37. The molecule has 1 fully saturated rings. The fraction of sp³-hybridized carbons (Fsp3) is 0.500. The van der Waals surface area contributed by atoms with Crippen molar-refractivity contribution in [2.24, 2.45) is 0 Å². The number of hydrogen-bond acceptors (Lipinski definition) is 3. The molecule has 1 heterocycles. The van der Waals surface area contributed by atoms with Crippen LogP contribution in [0.3, 0.4) is 0 Å². The van der Waals surface area contributed by atoms with Crippen LogP contribution >= 0.6 is 0 Å². The lowest BCUT2D eigenvalue weighted by molar-refractivity contribution is -0.145. The summed E-state index contributed by atoms with van der Waals surface area (Å²) in [6.07, 6.45) is 0.949. The molecule has 1 aromatic rings. The third-order valence-electron chi connectivity index (χ3n) is 3.63. The molecule has 1 aliphatic rings. The van der Waals surface area contributed by atoms with Crippen molar-refractivity contribution < 1.29 is 13.9 Å². The van der Waals surface area contributed by atoms with Crippen LogP contribution in [0.2, 0.25) is 0 Å². The summed E-state index contributed by atoms with van der Waals surface area (Å²) in [5.74, 6) is -0.116. The van der Waals surface area contributed by atoms with Crippen molar-refractivity contribution in [2.75, 3.05) is 20.2 Å². The SMILES string of the molecule is COC(=O)C(C)N1CCC(c2cccc(F)c2)C1. The van der Waals surface area contributed by atoms with E-state index in [1.54, 1.807) is 12.1 Å². The first-order valence-corrected chi connectivity index (χ1v) is 6.19. The van der Waals surface area contributed by atoms with Crippen molar-refractivity contribution in [3.05, 3.63) is 35.6 Å². The van der Waals surface area contributed by atoms with E-state index in [0.717, 1.165) is 25.1 Å². The van der Waals surface area contributed by atoms with Crippen LogP contribution < -0.4 is 0 Å². The number of esters is 1. The van der Waals surface area contributed by atoms with E-state index in [9.17, 15) is 9.18 Å². The summed E-state index contributed by atoms with van der Waals surface area (Å²) in [5, 5.41) is 0. The number of hydrogen-bond donors (Lipinski definition) is 0. The van der Waals surface area contributed by atoms with Gasteiger partial charge in [-0.3, -0.25) is 9.69 Å². The molecule has 0 radical (unpaired) electrons. The standard InChI is InChI=1S/C14H18FNO2/c1-10(14(17)18-2)16-7-6-12(9-16)11-4-3-5-13(15)8-11/h3-5,8,10,12H,6-7,9H2,1-2H3. The number of ether oxygens (including phenoxy) is 1. The fourth-order valence-corrected chi connectivity index (χ4v) is 2.49. The van der Waals surface area contributed by atoms with Gasteiger partial charge in [0.15, 0.2) is 0 Å². The van der Waals surface area contributed by atoms with Crippen LogP contribution in [0.15, 0.2) is 24.3 Å². The smallest absolute Gasteiger partial charge is 0.322 e. The second kappa shape index (κ2) is 5.48. The normalized spacial score (nSPS) is 21.8. The zero-order valence-corrected chi connectivity index (χ0v) is 10.7. The Morgan fingerprint density at radius 2 is 2.33 bits per heavy atom. The Bertz CT molecular complexity index is 436. The molecule has 4 heteroatoms. The Morgan fingerprint density at radius 3 is 3.00 bits per heavy atom. The zero-order chi connectivity index (χ0) is 13.1. The minimum atomic E-state index is -0.228. The molecule has 18 heavy (non-hydrogen) atoms. The van der Waals surface area contributed by atoms with E-state index < -0.39 is 0 Å². The molecule has 1 aromatic carbocycles. The van der Waals surface area contributed by atoms with Gasteiger partial charge in [-0.05, 0) is 43.5 Å². The number of likely N-dealkylation sites (tertiary alicyclic amines) is 1. The van der Waals surface area contributed by atoms with Crippen molar-refractivity contribution in [3.63, 3.8) is 0 Å². The van der Waals surface area contributed by atoms with Gasteiger partial charge in [-0.25, -0.2) is 4.39 Å². The highest BCUT2D eigenvalue weighted by Crippen LogP contribution is 2.28. The zero-order valence-electron chi connectivity index (χ0n) is 10.7. The quantitative estimate of drug-likeness (QED) is 0.771. The van der Waals surface area contributed by atoms with Crippen molar-refractivity contribution in [1.29, 1.82) is 0 Å². The molecular formula is C14H18FNO2. The maximum atomic E-state index is 13.2. The summed E-state index contributed by atoms with van der Waals surface area (Å²) in [4.78, 5) is 13.6. The number of halogens is 1. The van der Waals surface area contributed by atoms with Crippen LogP contribution in [-0.4, -0.2) is 37.1 Å².